The summed E-state index contributed by atoms with van der Waals surface area (Å²) in [5.74, 6) is 0.261. The standard InChI is InChI=1S/C14H19NOS/c1-17-13-7-5-11(6-8-13)14(16)10-12-4-2-3-9-15-12/h5-8,12,15H,2-4,9-10H2,1H3. The molecule has 0 amide bonds. The summed E-state index contributed by atoms with van der Waals surface area (Å²) in [6.07, 6.45) is 6.31. The zero-order valence-electron chi connectivity index (χ0n) is 10.2. The first-order valence-electron chi connectivity index (χ1n) is 6.20. The summed E-state index contributed by atoms with van der Waals surface area (Å²) >= 11 is 1.70. The number of carbonyl (C=O) groups is 1. The molecule has 1 aromatic carbocycles. The summed E-state index contributed by atoms with van der Waals surface area (Å²) < 4.78 is 0. The van der Waals surface area contributed by atoms with Gasteiger partial charge in [-0.05, 0) is 37.8 Å². The van der Waals surface area contributed by atoms with Crippen molar-refractivity contribution in [3.05, 3.63) is 29.8 Å². The van der Waals surface area contributed by atoms with E-state index in [1.165, 1.54) is 17.7 Å². The molecule has 1 aromatic rings. The maximum absolute atomic E-state index is 12.1. The highest BCUT2D eigenvalue weighted by atomic mass is 32.2. The van der Waals surface area contributed by atoms with E-state index in [4.69, 9.17) is 0 Å². The SMILES string of the molecule is CSc1ccc(C(=O)CC2CCCCN2)cc1. The Morgan fingerprint density at radius 2 is 2.12 bits per heavy atom. The van der Waals surface area contributed by atoms with Crippen molar-refractivity contribution < 1.29 is 4.79 Å². The van der Waals surface area contributed by atoms with Gasteiger partial charge in [0.1, 0.15) is 0 Å². The monoisotopic (exact) mass is 249 g/mol. The summed E-state index contributed by atoms with van der Waals surface area (Å²) in [5.41, 5.74) is 0.843. The summed E-state index contributed by atoms with van der Waals surface area (Å²) in [4.78, 5) is 13.3. The Hall–Kier alpha value is -0.800. The van der Waals surface area contributed by atoms with Crippen molar-refractivity contribution in [3.63, 3.8) is 0 Å². The van der Waals surface area contributed by atoms with Crippen LogP contribution in [0.4, 0.5) is 0 Å². The molecule has 92 valence electrons. The molecule has 1 N–H and O–H groups in total. The molecule has 2 nitrogen and oxygen atoms in total. The van der Waals surface area contributed by atoms with E-state index in [0.29, 0.717) is 12.5 Å². The molecule has 3 heteroatoms. The molecule has 0 aliphatic carbocycles. The van der Waals surface area contributed by atoms with E-state index in [2.05, 4.69) is 5.32 Å². The molecule has 1 aliphatic rings. The molecule has 1 atom stereocenters. The fourth-order valence-corrected chi connectivity index (χ4v) is 2.63. The van der Waals surface area contributed by atoms with Crippen molar-refractivity contribution in [3.8, 4) is 0 Å². The lowest BCUT2D eigenvalue weighted by Gasteiger charge is -2.22. The van der Waals surface area contributed by atoms with E-state index in [9.17, 15) is 4.79 Å². The number of piperidine rings is 1. The minimum atomic E-state index is 0.261. The molecule has 1 fully saturated rings. The minimum Gasteiger partial charge on any atom is -0.314 e. The Morgan fingerprint density at radius 1 is 1.35 bits per heavy atom. The molecule has 1 unspecified atom stereocenters. The highest BCUT2D eigenvalue weighted by molar-refractivity contribution is 7.98. The van der Waals surface area contributed by atoms with Crippen LogP contribution < -0.4 is 5.32 Å². The van der Waals surface area contributed by atoms with Crippen molar-refractivity contribution in [2.75, 3.05) is 12.8 Å². The Kier molecular flexibility index (Phi) is 4.63. The number of hydrogen-bond acceptors (Lipinski definition) is 3. The van der Waals surface area contributed by atoms with E-state index >= 15 is 0 Å². The molecule has 17 heavy (non-hydrogen) atoms. The Labute approximate surface area is 107 Å². The second-order valence-electron chi connectivity index (χ2n) is 4.50. The lowest BCUT2D eigenvalue weighted by molar-refractivity contribution is 0.0963. The fourth-order valence-electron chi connectivity index (χ4n) is 2.22. The summed E-state index contributed by atoms with van der Waals surface area (Å²) in [6, 6.07) is 8.31. The third kappa shape index (κ3) is 3.58. The number of nitrogens with one attached hydrogen (secondary N) is 1. The zero-order valence-corrected chi connectivity index (χ0v) is 11.1. The third-order valence-electron chi connectivity index (χ3n) is 3.26. The molecule has 0 radical (unpaired) electrons. The van der Waals surface area contributed by atoms with E-state index in [1.807, 2.05) is 30.5 Å². The zero-order chi connectivity index (χ0) is 12.1. The summed E-state index contributed by atoms with van der Waals surface area (Å²) in [7, 11) is 0. The normalized spacial score (nSPS) is 20.2. The number of benzene rings is 1. The number of hydrogen-bond donors (Lipinski definition) is 1. The molecule has 0 aromatic heterocycles. The highest BCUT2D eigenvalue weighted by Gasteiger charge is 2.17. The molecule has 1 saturated heterocycles. The van der Waals surface area contributed by atoms with Crippen molar-refractivity contribution in [1.82, 2.24) is 5.32 Å². The van der Waals surface area contributed by atoms with Crippen LogP contribution in [-0.2, 0) is 0 Å². The molecular formula is C14H19NOS. The van der Waals surface area contributed by atoms with Crippen LogP contribution in [-0.4, -0.2) is 24.6 Å². The molecule has 1 heterocycles. The van der Waals surface area contributed by atoms with Crippen LogP contribution in [0.2, 0.25) is 0 Å². The van der Waals surface area contributed by atoms with Gasteiger partial charge in [0.25, 0.3) is 0 Å². The van der Waals surface area contributed by atoms with Crippen LogP contribution in [0, 0.1) is 0 Å². The van der Waals surface area contributed by atoms with Crippen LogP contribution in [0.3, 0.4) is 0 Å². The number of rotatable bonds is 4. The second kappa shape index (κ2) is 6.22. The van der Waals surface area contributed by atoms with Gasteiger partial charge in [0, 0.05) is 22.9 Å². The maximum Gasteiger partial charge on any atom is 0.164 e. The largest absolute Gasteiger partial charge is 0.314 e. The van der Waals surface area contributed by atoms with Gasteiger partial charge in [0.15, 0.2) is 5.78 Å². The molecule has 0 bridgehead atoms. The van der Waals surface area contributed by atoms with E-state index in [1.54, 1.807) is 11.8 Å². The van der Waals surface area contributed by atoms with E-state index in [0.717, 1.165) is 18.5 Å². The van der Waals surface area contributed by atoms with Gasteiger partial charge in [-0.2, -0.15) is 0 Å². The first-order valence-corrected chi connectivity index (χ1v) is 7.42. The number of Topliss-reactive ketones (excluding diaryl/α,β-unsaturated/α-hetero) is 1. The number of thioether (sulfide) groups is 1. The lowest BCUT2D eigenvalue weighted by Crippen LogP contribution is -2.35. The van der Waals surface area contributed by atoms with Crippen LogP contribution in [0.5, 0.6) is 0 Å². The smallest absolute Gasteiger partial charge is 0.164 e. The predicted octanol–water partition coefficient (Wildman–Crippen LogP) is 3.12. The Morgan fingerprint density at radius 3 is 2.71 bits per heavy atom. The van der Waals surface area contributed by atoms with Gasteiger partial charge in [-0.15, -0.1) is 11.8 Å². The summed E-state index contributed by atoms with van der Waals surface area (Å²) in [6.45, 7) is 1.06. The Balaban J connectivity index is 1.93. The van der Waals surface area contributed by atoms with Gasteiger partial charge in [0.2, 0.25) is 0 Å². The Bertz CT molecular complexity index is 368. The van der Waals surface area contributed by atoms with E-state index in [-0.39, 0.29) is 5.78 Å². The maximum atomic E-state index is 12.1. The first kappa shape index (κ1) is 12.7. The van der Waals surface area contributed by atoms with Crippen molar-refractivity contribution in [2.45, 2.75) is 36.6 Å². The predicted molar refractivity (Wildman–Crippen MR) is 72.8 cm³/mol. The van der Waals surface area contributed by atoms with Crippen LogP contribution in [0.15, 0.2) is 29.2 Å². The van der Waals surface area contributed by atoms with Crippen molar-refractivity contribution in [2.24, 2.45) is 0 Å². The number of carbonyl (C=O) groups excluding carboxylic acids is 1. The average molecular weight is 249 g/mol. The molecule has 0 spiro atoms. The minimum absolute atomic E-state index is 0.261. The molecule has 2 rings (SSSR count). The van der Waals surface area contributed by atoms with Crippen LogP contribution >= 0.6 is 11.8 Å². The average Bonchev–Trinajstić information content (AvgIpc) is 2.40. The number of ketones is 1. The summed E-state index contributed by atoms with van der Waals surface area (Å²) in [5, 5.41) is 3.42. The van der Waals surface area contributed by atoms with E-state index < -0.39 is 0 Å². The molecule has 1 aliphatic heterocycles. The van der Waals surface area contributed by atoms with Gasteiger partial charge in [0.05, 0.1) is 0 Å². The van der Waals surface area contributed by atoms with Gasteiger partial charge < -0.3 is 5.32 Å². The first-order chi connectivity index (χ1) is 8.29. The van der Waals surface area contributed by atoms with Crippen LogP contribution in [0.25, 0.3) is 0 Å². The lowest BCUT2D eigenvalue weighted by atomic mass is 9.97. The third-order valence-corrected chi connectivity index (χ3v) is 4.00. The second-order valence-corrected chi connectivity index (χ2v) is 5.38. The molecular weight excluding hydrogens is 230 g/mol. The van der Waals surface area contributed by atoms with Crippen molar-refractivity contribution in [1.29, 1.82) is 0 Å². The van der Waals surface area contributed by atoms with Gasteiger partial charge >= 0.3 is 0 Å². The van der Waals surface area contributed by atoms with Crippen molar-refractivity contribution >= 4 is 17.5 Å². The van der Waals surface area contributed by atoms with Gasteiger partial charge in [-0.1, -0.05) is 18.6 Å². The van der Waals surface area contributed by atoms with Crippen LogP contribution in [0.1, 0.15) is 36.0 Å². The highest BCUT2D eigenvalue weighted by Crippen LogP contribution is 2.17. The topological polar surface area (TPSA) is 29.1 Å². The van der Waals surface area contributed by atoms with Gasteiger partial charge in [-0.25, -0.2) is 0 Å². The molecule has 0 saturated carbocycles. The quantitative estimate of drug-likeness (QED) is 0.656. The fraction of sp³-hybridized carbons (Fsp3) is 0.500. The van der Waals surface area contributed by atoms with Gasteiger partial charge in [-0.3, -0.25) is 4.79 Å².